The monoisotopic (exact) mass is 164 g/mol. The molecule has 0 aliphatic rings. The van der Waals surface area contributed by atoms with Crippen LogP contribution in [0, 0.1) is 0 Å². The van der Waals surface area contributed by atoms with Gasteiger partial charge in [0.05, 0.1) is 0 Å². The predicted molar refractivity (Wildman–Crippen MR) is 41.6 cm³/mol. The van der Waals surface area contributed by atoms with Crippen molar-refractivity contribution in [2.45, 2.75) is 0 Å². The molecule has 0 aromatic rings. The molecule has 2 N–H and O–H groups in total. The fourth-order valence-corrected chi connectivity index (χ4v) is 0.542. The van der Waals surface area contributed by atoms with E-state index < -0.39 is 0 Å². The van der Waals surface area contributed by atoms with Crippen LogP contribution < -0.4 is 5.73 Å². The molecule has 0 aliphatic heterocycles. The van der Waals surface area contributed by atoms with Crippen LogP contribution in [0.2, 0.25) is 0 Å². The third-order valence-electron chi connectivity index (χ3n) is 0.462. The maximum atomic E-state index is 5.41. The van der Waals surface area contributed by atoms with Crippen molar-refractivity contribution < 1.29 is 0 Å². The molecule has 0 radical (unpaired) electrons. The molecule has 0 unspecified atom stereocenters. The van der Waals surface area contributed by atoms with Gasteiger partial charge in [0.15, 0.2) is 0 Å². The molecule has 4 heteroatoms. The highest BCUT2D eigenvalue weighted by Crippen LogP contribution is 2.00. The number of nitrogens with zero attached hydrogens (tertiary/aromatic N) is 1. The Morgan fingerprint density at radius 1 is 1.56 bits per heavy atom. The van der Waals surface area contributed by atoms with Crippen molar-refractivity contribution in [3.8, 4) is 0 Å². The first-order chi connectivity index (χ1) is 4.16. The third kappa shape index (κ3) is 5.40. The number of halogens is 2. The van der Waals surface area contributed by atoms with Crippen molar-refractivity contribution in [1.29, 1.82) is 0 Å². The molecule has 0 spiro atoms. The summed E-state index contributed by atoms with van der Waals surface area (Å²) in [7, 11) is 0. The van der Waals surface area contributed by atoms with Gasteiger partial charge in [-0.1, -0.05) is 29.8 Å². The van der Waals surface area contributed by atoms with Gasteiger partial charge in [-0.25, -0.2) is 4.99 Å². The summed E-state index contributed by atoms with van der Waals surface area (Å²) in [6, 6.07) is 0. The Bertz CT molecular complexity index is 160. The van der Waals surface area contributed by atoms with Crippen LogP contribution in [0.1, 0.15) is 0 Å². The molecule has 0 fully saturated rings. The highest BCUT2D eigenvalue weighted by atomic mass is 35.5. The van der Waals surface area contributed by atoms with Gasteiger partial charge in [0.25, 0.3) is 0 Å². The lowest BCUT2D eigenvalue weighted by Gasteiger charge is -1.84. The second-order valence-corrected chi connectivity index (χ2v) is 1.99. The maximum absolute atomic E-state index is 5.41. The second kappa shape index (κ2) is 4.41. The Morgan fingerprint density at radius 3 is 2.44 bits per heavy atom. The Balaban J connectivity index is 4.00. The minimum atomic E-state index is 0.137. The summed E-state index contributed by atoms with van der Waals surface area (Å²) in [6.45, 7) is 3.30. The third-order valence-corrected chi connectivity index (χ3v) is 0.757. The number of allylic oxidation sites excluding steroid dienone is 1. The first-order valence-electron chi connectivity index (χ1n) is 2.13. The van der Waals surface area contributed by atoms with E-state index >= 15 is 0 Å². The molecule has 0 amide bonds. The summed E-state index contributed by atoms with van der Waals surface area (Å²) in [6.07, 6.45) is 2.68. The maximum Gasteiger partial charge on any atom is 0.132 e. The van der Waals surface area contributed by atoms with E-state index in [0.29, 0.717) is 0 Å². The van der Waals surface area contributed by atoms with Crippen LogP contribution in [0.15, 0.2) is 29.0 Å². The van der Waals surface area contributed by atoms with Crippen molar-refractivity contribution in [3.05, 3.63) is 24.0 Å². The van der Waals surface area contributed by atoms with Gasteiger partial charge in [0.1, 0.15) is 10.3 Å². The molecule has 0 atom stereocenters. The highest BCUT2D eigenvalue weighted by molar-refractivity contribution is 6.68. The second-order valence-electron chi connectivity index (χ2n) is 1.17. The molecular weight excluding hydrogens is 159 g/mol. The van der Waals surface area contributed by atoms with Gasteiger partial charge in [0.2, 0.25) is 0 Å². The van der Waals surface area contributed by atoms with E-state index in [1.54, 1.807) is 0 Å². The minimum absolute atomic E-state index is 0.137. The van der Waals surface area contributed by atoms with Crippen molar-refractivity contribution in [2.75, 3.05) is 0 Å². The van der Waals surface area contributed by atoms with E-state index in [0.717, 1.165) is 0 Å². The van der Waals surface area contributed by atoms with Gasteiger partial charge in [-0.3, -0.25) is 0 Å². The lowest BCUT2D eigenvalue weighted by Crippen LogP contribution is -1.83. The molecular formula is C5H6Cl2N2. The predicted octanol–water partition coefficient (Wildman–Crippen LogP) is 1.81. The summed E-state index contributed by atoms with van der Waals surface area (Å²) in [5.41, 5.74) is 4.99. The zero-order chi connectivity index (χ0) is 7.28. The van der Waals surface area contributed by atoms with Gasteiger partial charge < -0.3 is 5.73 Å². The van der Waals surface area contributed by atoms with Gasteiger partial charge >= 0.3 is 0 Å². The van der Waals surface area contributed by atoms with Crippen molar-refractivity contribution in [3.63, 3.8) is 0 Å². The highest BCUT2D eigenvalue weighted by Gasteiger charge is 1.84. The topological polar surface area (TPSA) is 38.4 Å². The summed E-state index contributed by atoms with van der Waals surface area (Å²) in [5, 5.41) is 0.357. The van der Waals surface area contributed by atoms with E-state index in [-0.39, 0.29) is 10.3 Å². The van der Waals surface area contributed by atoms with Crippen LogP contribution in [0.3, 0.4) is 0 Å². The first kappa shape index (κ1) is 8.53. The zero-order valence-corrected chi connectivity index (χ0v) is 6.15. The van der Waals surface area contributed by atoms with Crippen LogP contribution in [0.5, 0.6) is 0 Å². The summed E-state index contributed by atoms with van der Waals surface area (Å²) >= 11 is 10.7. The smallest absolute Gasteiger partial charge is 0.132 e. The van der Waals surface area contributed by atoms with Crippen molar-refractivity contribution in [1.82, 2.24) is 0 Å². The van der Waals surface area contributed by atoms with E-state index in [9.17, 15) is 0 Å². The first-order valence-corrected chi connectivity index (χ1v) is 2.89. The van der Waals surface area contributed by atoms with E-state index in [1.165, 1.54) is 12.3 Å². The zero-order valence-electron chi connectivity index (χ0n) is 4.64. The van der Waals surface area contributed by atoms with Crippen LogP contribution in [0.4, 0.5) is 0 Å². The average molecular weight is 165 g/mol. The van der Waals surface area contributed by atoms with Gasteiger partial charge in [0, 0.05) is 0 Å². The summed E-state index contributed by atoms with van der Waals surface area (Å²) < 4.78 is 0. The lowest BCUT2D eigenvalue weighted by molar-refractivity contribution is 1.54. The molecule has 0 aromatic carbocycles. The lowest BCUT2D eigenvalue weighted by atomic mass is 10.6. The SMILES string of the molecule is C=C(Cl)/N=C(Cl)\C=C/N. The molecule has 0 rings (SSSR count). The number of nitrogens with two attached hydrogens (primary N) is 1. The van der Waals surface area contributed by atoms with Crippen LogP contribution in [-0.4, -0.2) is 5.17 Å². The minimum Gasteiger partial charge on any atom is -0.405 e. The largest absolute Gasteiger partial charge is 0.405 e. The van der Waals surface area contributed by atoms with E-state index in [4.69, 9.17) is 28.9 Å². The molecule has 0 aliphatic carbocycles. The molecule has 0 bridgehead atoms. The molecule has 2 nitrogen and oxygen atoms in total. The fraction of sp³-hybridized carbons (Fsp3) is 0. The molecule has 0 aromatic heterocycles. The van der Waals surface area contributed by atoms with Crippen molar-refractivity contribution >= 4 is 28.4 Å². The van der Waals surface area contributed by atoms with Crippen molar-refractivity contribution in [2.24, 2.45) is 10.7 Å². The fourth-order valence-electron chi connectivity index (χ4n) is 0.233. The number of aliphatic imine (C=N–C) groups is 1. The van der Waals surface area contributed by atoms with Crippen LogP contribution in [-0.2, 0) is 0 Å². The molecule has 0 saturated carbocycles. The molecule has 0 saturated heterocycles. The molecule has 0 heterocycles. The molecule has 50 valence electrons. The van der Waals surface area contributed by atoms with Gasteiger partial charge in [-0.2, -0.15) is 0 Å². The Labute approximate surface area is 63.7 Å². The van der Waals surface area contributed by atoms with Gasteiger partial charge in [-0.05, 0) is 12.3 Å². The van der Waals surface area contributed by atoms with E-state index in [1.807, 2.05) is 0 Å². The van der Waals surface area contributed by atoms with Crippen LogP contribution >= 0.6 is 23.2 Å². The summed E-state index contributed by atoms with van der Waals surface area (Å²) in [4.78, 5) is 3.55. The van der Waals surface area contributed by atoms with Gasteiger partial charge in [-0.15, -0.1) is 0 Å². The van der Waals surface area contributed by atoms with Crippen LogP contribution in [0.25, 0.3) is 0 Å². The quantitative estimate of drug-likeness (QED) is 0.491. The number of hydrogen-bond acceptors (Lipinski definition) is 2. The van der Waals surface area contributed by atoms with E-state index in [2.05, 4.69) is 11.6 Å². The summed E-state index contributed by atoms with van der Waals surface area (Å²) in [5.74, 6) is 0. The average Bonchev–Trinajstić information content (AvgIpc) is 1.63. The standard InChI is InChI=1S/C5H6Cl2N2/c1-4(6)9-5(7)2-3-8/h2-3H,1,8H2/b3-2-,9-5+. The Hall–Kier alpha value is -0.470. The normalized spacial score (nSPS) is 12.4. The molecule has 9 heavy (non-hydrogen) atoms. The number of hydrogen-bond donors (Lipinski definition) is 1. The Kier molecular flexibility index (Phi) is 4.18. The Morgan fingerprint density at radius 2 is 2.11 bits per heavy atom. The number of rotatable bonds is 2.